The Balaban J connectivity index is 1.12. The fourth-order valence-electron chi connectivity index (χ4n) is 5.91. The molecule has 0 aliphatic carbocycles. The van der Waals surface area contributed by atoms with Crippen LogP contribution in [0.2, 0.25) is 0 Å². The van der Waals surface area contributed by atoms with Crippen LogP contribution in [0.15, 0.2) is 138 Å². The standard InChI is InChI=1S/C37H26N2S2/c38-37-35(21-20-34-36(37)29-11-5-7-13-33(29)41-34)40-23-24-14-17-27(18-15-24)39-31-12-6-4-10-28(31)30-22-26(16-19-32(30)39)25-8-2-1-3-9-25/h1-22H,23,38H2. The Hall–Kier alpha value is -4.51. The molecule has 41 heavy (non-hydrogen) atoms. The van der Waals surface area contributed by atoms with Gasteiger partial charge in [-0.05, 0) is 65.2 Å². The summed E-state index contributed by atoms with van der Waals surface area (Å²) in [5, 5.41) is 4.98. The van der Waals surface area contributed by atoms with E-state index in [1.165, 1.54) is 64.4 Å². The number of hydrogen-bond donors (Lipinski definition) is 1. The molecule has 2 aromatic heterocycles. The first-order valence-corrected chi connectivity index (χ1v) is 15.6. The van der Waals surface area contributed by atoms with Gasteiger partial charge in [0.15, 0.2) is 0 Å². The van der Waals surface area contributed by atoms with Gasteiger partial charge in [-0.1, -0.05) is 84.9 Å². The average molecular weight is 563 g/mol. The van der Waals surface area contributed by atoms with Gasteiger partial charge in [0, 0.05) is 47.3 Å². The van der Waals surface area contributed by atoms with E-state index >= 15 is 0 Å². The van der Waals surface area contributed by atoms with E-state index in [1.54, 1.807) is 0 Å². The molecular formula is C37H26N2S2. The summed E-state index contributed by atoms with van der Waals surface area (Å²) in [6.07, 6.45) is 0. The molecule has 2 heterocycles. The van der Waals surface area contributed by atoms with E-state index in [1.807, 2.05) is 23.1 Å². The van der Waals surface area contributed by atoms with Gasteiger partial charge >= 0.3 is 0 Å². The largest absolute Gasteiger partial charge is 0.397 e. The van der Waals surface area contributed by atoms with Crippen LogP contribution in [0.3, 0.4) is 0 Å². The maximum Gasteiger partial charge on any atom is 0.0546 e. The Morgan fingerprint density at radius 1 is 0.585 bits per heavy atom. The number of aromatic nitrogens is 1. The molecule has 0 bridgehead atoms. The molecule has 196 valence electrons. The normalized spacial score (nSPS) is 11.7. The van der Waals surface area contributed by atoms with E-state index < -0.39 is 0 Å². The van der Waals surface area contributed by atoms with Gasteiger partial charge in [0.1, 0.15) is 0 Å². The van der Waals surface area contributed by atoms with E-state index in [0.717, 1.165) is 16.3 Å². The van der Waals surface area contributed by atoms with Crippen LogP contribution in [0, 0.1) is 0 Å². The molecule has 2 N–H and O–H groups in total. The molecule has 4 heteroatoms. The number of thiophene rings is 1. The molecule has 0 radical (unpaired) electrons. The van der Waals surface area contributed by atoms with Crippen molar-refractivity contribution in [3.63, 3.8) is 0 Å². The minimum Gasteiger partial charge on any atom is -0.397 e. The molecule has 0 aliphatic heterocycles. The van der Waals surface area contributed by atoms with Gasteiger partial charge in [-0.2, -0.15) is 0 Å². The van der Waals surface area contributed by atoms with E-state index in [-0.39, 0.29) is 0 Å². The van der Waals surface area contributed by atoms with E-state index in [9.17, 15) is 0 Å². The Morgan fingerprint density at radius 2 is 1.32 bits per heavy atom. The molecule has 0 amide bonds. The van der Waals surface area contributed by atoms with E-state index in [2.05, 4.69) is 138 Å². The number of fused-ring (bicyclic) bond motifs is 6. The third-order valence-corrected chi connectivity index (χ3v) is 10.2. The lowest BCUT2D eigenvalue weighted by Gasteiger charge is -2.10. The second kappa shape index (κ2) is 9.84. The van der Waals surface area contributed by atoms with Crippen molar-refractivity contribution in [3.05, 3.63) is 139 Å². The highest BCUT2D eigenvalue weighted by Gasteiger charge is 2.14. The summed E-state index contributed by atoms with van der Waals surface area (Å²) in [7, 11) is 0. The fourth-order valence-corrected chi connectivity index (χ4v) is 7.97. The lowest BCUT2D eigenvalue weighted by Crippen LogP contribution is -1.94. The minimum absolute atomic E-state index is 0.867. The maximum absolute atomic E-state index is 6.72. The van der Waals surface area contributed by atoms with Gasteiger partial charge in [-0.15, -0.1) is 23.1 Å². The molecule has 2 nitrogen and oxygen atoms in total. The Morgan fingerprint density at radius 3 is 2.17 bits per heavy atom. The van der Waals surface area contributed by atoms with Crippen LogP contribution in [0.25, 0.3) is 58.8 Å². The highest BCUT2D eigenvalue weighted by atomic mass is 32.2. The topological polar surface area (TPSA) is 30.9 Å². The zero-order valence-corrected chi connectivity index (χ0v) is 23.9. The van der Waals surface area contributed by atoms with Crippen LogP contribution in [0.1, 0.15) is 5.56 Å². The number of hydrogen-bond acceptors (Lipinski definition) is 3. The summed E-state index contributed by atoms with van der Waals surface area (Å²) >= 11 is 3.62. The fraction of sp³-hybridized carbons (Fsp3) is 0.0270. The lowest BCUT2D eigenvalue weighted by atomic mass is 10.0. The van der Waals surface area contributed by atoms with Gasteiger partial charge in [0.25, 0.3) is 0 Å². The number of benzene rings is 6. The Labute approximate surface area is 246 Å². The first kappa shape index (κ1) is 24.3. The number of nitrogen functional groups attached to an aromatic ring is 1. The summed E-state index contributed by atoms with van der Waals surface area (Å²) < 4.78 is 4.91. The third-order valence-electron chi connectivity index (χ3n) is 7.91. The van der Waals surface area contributed by atoms with Crippen LogP contribution in [-0.4, -0.2) is 4.57 Å². The minimum atomic E-state index is 0.867. The molecule has 0 aliphatic rings. The summed E-state index contributed by atoms with van der Waals surface area (Å²) in [4.78, 5) is 1.14. The van der Waals surface area contributed by atoms with Crippen molar-refractivity contribution in [2.75, 3.05) is 5.73 Å². The summed E-state index contributed by atoms with van der Waals surface area (Å²) in [5.74, 6) is 0.867. The van der Waals surface area contributed by atoms with Crippen molar-refractivity contribution < 1.29 is 0 Å². The molecule has 0 saturated heterocycles. The van der Waals surface area contributed by atoms with Gasteiger partial charge < -0.3 is 10.3 Å². The first-order chi connectivity index (χ1) is 20.2. The van der Waals surface area contributed by atoms with Crippen molar-refractivity contribution in [2.24, 2.45) is 0 Å². The number of thioether (sulfide) groups is 1. The highest BCUT2D eigenvalue weighted by molar-refractivity contribution is 7.98. The predicted molar refractivity (Wildman–Crippen MR) is 180 cm³/mol. The van der Waals surface area contributed by atoms with Crippen molar-refractivity contribution in [1.82, 2.24) is 4.57 Å². The SMILES string of the molecule is Nc1c(SCc2ccc(-n3c4ccccc4c4cc(-c5ccccc5)ccc43)cc2)ccc2sc3ccccc3c12. The second-order valence-corrected chi connectivity index (χ2v) is 12.5. The molecule has 8 aromatic rings. The Bertz CT molecular complexity index is 2210. The third kappa shape index (κ3) is 4.10. The van der Waals surface area contributed by atoms with Crippen molar-refractivity contribution in [1.29, 1.82) is 0 Å². The summed E-state index contributed by atoms with van der Waals surface area (Å²) in [6, 6.07) is 48.0. The van der Waals surface area contributed by atoms with Crippen LogP contribution >= 0.6 is 23.1 Å². The first-order valence-electron chi connectivity index (χ1n) is 13.7. The zero-order chi connectivity index (χ0) is 27.3. The molecule has 6 aromatic carbocycles. The highest BCUT2D eigenvalue weighted by Crippen LogP contribution is 2.42. The number of rotatable bonds is 5. The van der Waals surface area contributed by atoms with Gasteiger partial charge in [0.2, 0.25) is 0 Å². The maximum atomic E-state index is 6.72. The molecule has 8 rings (SSSR count). The van der Waals surface area contributed by atoms with Crippen LogP contribution in [-0.2, 0) is 5.75 Å². The Kier molecular flexibility index (Phi) is 5.83. The van der Waals surface area contributed by atoms with Crippen LogP contribution in [0.5, 0.6) is 0 Å². The van der Waals surface area contributed by atoms with Crippen LogP contribution < -0.4 is 5.73 Å². The summed E-state index contributed by atoms with van der Waals surface area (Å²) in [6.45, 7) is 0. The van der Waals surface area contributed by atoms with Gasteiger partial charge in [0.05, 0.1) is 16.7 Å². The van der Waals surface area contributed by atoms with Gasteiger partial charge in [-0.3, -0.25) is 0 Å². The van der Waals surface area contributed by atoms with Crippen LogP contribution in [0.4, 0.5) is 5.69 Å². The molecule has 0 unspecified atom stereocenters. The molecular weight excluding hydrogens is 537 g/mol. The summed E-state index contributed by atoms with van der Waals surface area (Å²) in [5.41, 5.74) is 15.0. The zero-order valence-electron chi connectivity index (χ0n) is 22.2. The van der Waals surface area contributed by atoms with Crippen molar-refractivity contribution >= 4 is 70.8 Å². The molecule has 0 spiro atoms. The smallest absolute Gasteiger partial charge is 0.0546 e. The van der Waals surface area contributed by atoms with E-state index in [4.69, 9.17) is 5.73 Å². The molecule has 0 fully saturated rings. The quantitative estimate of drug-likeness (QED) is 0.167. The van der Waals surface area contributed by atoms with Gasteiger partial charge in [-0.25, -0.2) is 0 Å². The molecule has 0 atom stereocenters. The lowest BCUT2D eigenvalue weighted by molar-refractivity contribution is 1.17. The van der Waals surface area contributed by atoms with Crippen molar-refractivity contribution in [3.8, 4) is 16.8 Å². The number of para-hydroxylation sites is 1. The number of anilines is 1. The number of nitrogens with two attached hydrogens (primary N) is 1. The predicted octanol–water partition coefficient (Wildman–Crippen LogP) is 10.7. The average Bonchev–Trinajstić information content (AvgIpc) is 3.57. The second-order valence-electron chi connectivity index (χ2n) is 10.4. The van der Waals surface area contributed by atoms with Crippen molar-refractivity contribution in [2.45, 2.75) is 10.6 Å². The number of nitrogens with zero attached hydrogens (tertiary/aromatic N) is 1. The van der Waals surface area contributed by atoms with E-state index in [0.29, 0.717) is 0 Å². The monoisotopic (exact) mass is 562 g/mol. The molecule has 0 saturated carbocycles.